The molecule has 0 atom stereocenters. The monoisotopic (exact) mass is 290 g/mol. The first-order chi connectivity index (χ1) is 7.12. The standard InChI is InChI=1S/C9H20ClO6P/c1-7(2,3)14-17(13,15-8(4,5)6)16-9(10,11)12/h11-12H,1-6H3. The van der Waals surface area contributed by atoms with Gasteiger partial charge in [0.15, 0.2) is 0 Å². The average molecular weight is 291 g/mol. The Morgan fingerprint density at radius 2 is 1.18 bits per heavy atom. The van der Waals surface area contributed by atoms with Crippen molar-refractivity contribution in [1.29, 1.82) is 0 Å². The first kappa shape index (κ1) is 17.3. The van der Waals surface area contributed by atoms with Crippen LogP contribution in [0.4, 0.5) is 0 Å². The van der Waals surface area contributed by atoms with E-state index in [1.54, 1.807) is 41.5 Å². The fourth-order valence-electron chi connectivity index (χ4n) is 0.869. The van der Waals surface area contributed by atoms with Gasteiger partial charge in [-0.1, -0.05) is 0 Å². The maximum Gasteiger partial charge on any atom is 0.481 e. The number of phosphoric acid groups is 1. The lowest BCUT2D eigenvalue weighted by Crippen LogP contribution is -2.30. The Balaban J connectivity index is 5.03. The predicted molar refractivity (Wildman–Crippen MR) is 63.4 cm³/mol. The van der Waals surface area contributed by atoms with E-state index in [2.05, 4.69) is 4.52 Å². The van der Waals surface area contributed by atoms with Crippen LogP contribution in [-0.2, 0) is 18.1 Å². The molecule has 0 aromatic carbocycles. The highest BCUT2D eigenvalue weighted by Gasteiger charge is 2.43. The fraction of sp³-hybridized carbons (Fsp3) is 1.00. The zero-order valence-corrected chi connectivity index (χ0v) is 12.5. The third-order valence-electron chi connectivity index (χ3n) is 0.999. The van der Waals surface area contributed by atoms with Crippen molar-refractivity contribution in [3.8, 4) is 0 Å². The van der Waals surface area contributed by atoms with Crippen LogP contribution < -0.4 is 0 Å². The van der Waals surface area contributed by atoms with Crippen LogP contribution in [0.25, 0.3) is 0 Å². The van der Waals surface area contributed by atoms with Gasteiger partial charge in [-0.25, -0.2) is 9.09 Å². The second-order valence-corrected chi connectivity index (χ2v) is 7.41. The minimum Gasteiger partial charge on any atom is -0.330 e. The van der Waals surface area contributed by atoms with Crippen molar-refractivity contribution in [1.82, 2.24) is 0 Å². The molecule has 0 aliphatic carbocycles. The molecule has 0 saturated carbocycles. The van der Waals surface area contributed by atoms with Gasteiger partial charge in [0.25, 0.3) is 0 Å². The predicted octanol–water partition coefficient (Wildman–Crippen LogP) is 2.58. The van der Waals surface area contributed by atoms with Gasteiger partial charge in [0.05, 0.1) is 11.2 Å². The summed E-state index contributed by atoms with van der Waals surface area (Å²) in [5, 5.41) is 17.8. The first-order valence-corrected chi connectivity index (χ1v) is 6.82. The second kappa shape index (κ2) is 5.13. The third kappa shape index (κ3) is 9.97. The molecule has 0 aliphatic rings. The number of alkyl halides is 1. The molecule has 0 aliphatic heterocycles. The zero-order valence-electron chi connectivity index (χ0n) is 10.9. The molecule has 17 heavy (non-hydrogen) atoms. The summed E-state index contributed by atoms with van der Waals surface area (Å²) >= 11 is 5.03. The minimum absolute atomic E-state index is 0.872. The fourth-order valence-corrected chi connectivity index (χ4v) is 2.86. The molecule has 0 aromatic heterocycles. The van der Waals surface area contributed by atoms with E-state index in [-0.39, 0.29) is 0 Å². The van der Waals surface area contributed by atoms with Crippen LogP contribution in [0.15, 0.2) is 0 Å². The molecule has 0 saturated heterocycles. The Morgan fingerprint density at radius 3 is 1.35 bits per heavy atom. The van der Waals surface area contributed by atoms with E-state index >= 15 is 0 Å². The molecule has 0 amide bonds. The highest BCUT2D eigenvalue weighted by atomic mass is 35.5. The molecule has 6 nitrogen and oxygen atoms in total. The van der Waals surface area contributed by atoms with E-state index in [9.17, 15) is 4.57 Å². The van der Waals surface area contributed by atoms with Crippen LogP contribution in [0, 0.1) is 0 Å². The molecule has 0 bridgehead atoms. The van der Waals surface area contributed by atoms with Crippen molar-refractivity contribution in [2.24, 2.45) is 0 Å². The molecule has 0 fully saturated rings. The number of aliphatic hydroxyl groups is 2. The lowest BCUT2D eigenvalue weighted by atomic mass is 10.2. The summed E-state index contributed by atoms with van der Waals surface area (Å²) in [6, 6.07) is 0. The normalized spacial score (nSPS) is 15.1. The molecule has 0 aromatic rings. The maximum absolute atomic E-state index is 12.2. The zero-order chi connectivity index (χ0) is 14.1. The van der Waals surface area contributed by atoms with E-state index in [1.807, 2.05) is 0 Å². The number of hydrogen-bond acceptors (Lipinski definition) is 6. The minimum atomic E-state index is -4.22. The smallest absolute Gasteiger partial charge is 0.330 e. The lowest BCUT2D eigenvalue weighted by molar-refractivity contribution is -0.237. The van der Waals surface area contributed by atoms with Gasteiger partial charge < -0.3 is 10.2 Å². The summed E-state index contributed by atoms with van der Waals surface area (Å²) in [5.41, 5.74) is -4.86. The Morgan fingerprint density at radius 1 is 0.882 bits per heavy atom. The Hall–Kier alpha value is 0.320. The number of rotatable bonds is 4. The van der Waals surface area contributed by atoms with Crippen LogP contribution in [-0.4, -0.2) is 26.8 Å². The van der Waals surface area contributed by atoms with Gasteiger partial charge in [0.1, 0.15) is 0 Å². The highest BCUT2D eigenvalue weighted by Crippen LogP contribution is 2.57. The molecule has 0 radical (unpaired) electrons. The molecule has 0 unspecified atom stereocenters. The Bertz CT molecular complexity index is 251. The molecule has 8 heteroatoms. The Kier molecular flexibility index (Phi) is 5.23. The summed E-state index contributed by atoms with van der Waals surface area (Å²) < 4.78 is 26.7. The molecule has 0 rings (SSSR count). The molecule has 104 valence electrons. The summed E-state index contributed by atoms with van der Waals surface area (Å²) in [7, 11) is -4.22. The number of halogens is 1. The van der Waals surface area contributed by atoms with Crippen LogP contribution in [0.3, 0.4) is 0 Å². The number of phosphoric ester groups is 1. The SMILES string of the molecule is CC(C)(C)OP(=O)(OC(C)(C)C)OC(O)(O)Cl. The lowest BCUT2D eigenvalue weighted by Gasteiger charge is -2.32. The highest BCUT2D eigenvalue weighted by molar-refractivity contribution is 7.48. The van der Waals surface area contributed by atoms with Crippen molar-refractivity contribution in [2.75, 3.05) is 0 Å². The summed E-state index contributed by atoms with van der Waals surface area (Å²) in [6.07, 6.45) is 0. The van der Waals surface area contributed by atoms with E-state index < -0.39 is 24.5 Å². The Labute approximate surface area is 106 Å². The van der Waals surface area contributed by atoms with E-state index in [1.165, 1.54) is 0 Å². The van der Waals surface area contributed by atoms with Gasteiger partial charge in [0, 0.05) is 0 Å². The molecule has 0 heterocycles. The number of hydrogen-bond donors (Lipinski definition) is 2. The van der Waals surface area contributed by atoms with Crippen LogP contribution in [0.1, 0.15) is 41.5 Å². The van der Waals surface area contributed by atoms with Gasteiger partial charge in [-0.3, -0.25) is 9.05 Å². The van der Waals surface area contributed by atoms with Gasteiger partial charge in [-0.2, -0.15) is 0 Å². The van der Waals surface area contributed by atoms with Crippen molar-refractivity contribution < 1.29 is 28.3 Å². The van der Waals surface area contributed by atoms with Crippen molar-refractivity contribution in [3.05, 3.63) is 0 Å². The van der Waals surface area contributed by atoms with Gasteiger partial charge in [0.2, 0.25) is 0 Å². The van der Waals surface area contributed by atoms with Gasteiger partial charge >= 0.3 is 13.3 Å². The van der Waals surface area contributed by atoms with Gasteiger partial charge in [-0.15, -0.1) is 0 Å². The van der Waals surface area contributed by atoms with Crippen LogP contribution in [0.2, 0.25) is 0 Å². The maximum atomic E-state index is 12.2. The molecular formula is C9H20ClO6P. The summed E-state index contributed by atoms with van der Waals surface area (Å²) in [5.74, 6) is 0. The first-order valence-electron chi connectivity index (χ1n) is 4.98. The summed E-state index contributed by atoms with van der Waals surface area (Å²) in [4.78, 5) is 0. The summed E-state index contributed by atoms with van der Waals surface area (Å²) in [6.45, 7) is 9.66. The van der Waals surface area contributed by atoms with Crippen molar-refractivity contribution in [3.63, 3.8) is 0 Å². The van der Waals surface area contributed by atoms with Crippen molar-refractivity contribution in [2.45, 2.75) is 58.2 Å². The third-order valence-corrected chi connectivity index (χ3v) is 3.20. The molecule has 2 N–H and O–H groups in total. The van der Waals surface area contributed by atoms with Crippen LogP contribution in [0.5, 0.6) is 0 Å². The van der Waals surface area contributed by atoms with Crippen molar-refractivity contribution >= 4 is 19.4 Å². The topological polar surface area (TPSA) is 85.2 Å². The second-order valence-electron chi connectivity index (χ2n) is 5.47. The molecule has 0 spiro atoms. The van der Waals surface area contributed by atoms with E-state index in [0.29, 0.717) is 0 Å². The average Bonchev–Trinajstić information content (AvgIpc) is 1.65. The van der Waals surface area contributed by atoms with Crippen LogP contribution >= 0.6 is 19.4 Å². The largest absolute Gasteiger partial charge is 0.481 e. The van der Waals surface area contributed by atoms with E-state index in [4.69, 9.17) is 30.9 Å². The van der Waals surface area contributed by atoms with E-state index in [0.717, 1.165) is 0 Å². The quantitative estimate of drug-likeness (QED) is 0.470. The molecular weight excluding hydrogens is 271 g/mol. The van der Waals surface area contributed by atoms with Gasteiger partial charge in [-0.05, 0) is 53.1 Å².